The molecule has 6 heteroatoms. The molecule has 1 atom stereocenters. The van der Waals surface area contributed by atoms with E-state index in [4.69, 9.17) is 10.5 Å². The summed E-state index contributed by atoms with van der Waals surface area (Å²) >= 11 is 0. The van der Waals surface area contributed by atoms with Crippen molar-refractivity contribution in [2.24, 2.45) is 5.73 Å². The van der Waals surface area contributed by atoms with E-state index in [1.807, 2.05) is 18.2 Å². The molecule has 154 valence electrons. The van der Waals surface area contributed by atoms with Crippen LogP contribution in [-0.2, 0) is 11.3 Å². The first kappa shape index (κ1) is 20.9. The van der Waals surface area contributed by atoms with Gasteiger partial charge < -0.3 is 20.5 Å². The number of carbonyl (C=O) groups is 2. The van der Waals surface area contributed by atoms with Crippen LogP contribution in [0.25, 0.3) is 0 Å². The summed E-state index contributed by atoms with van der Waals surface area (Å²) in [7, 11) is 1.56. The lowest BCUT2D eigenvalue weighted by molar-refractivity contribution is -0.122. The van der Waals surface area contributed by atoms with E-state index in [2.05, 4.69) is 0 Å². The standard InChI is InChI=1S/C24H24N2O4/c1-16-20(12-7-13-21(16)27)24(29)26(15-17-8-6-11-19(14-17)30-2)22(23(25)28)18-9-4-3-5-10-18/h3-14,22,27H,15H2,1-2H3,(H2,25,28)/t22-/m1/s1. The highest BCUT2D eigenvalue weighted by atomic mass is 16.5. The van der Waals surface area contributed by atoms with Gasteiger partial charge in [0, 0.05) is 17.7 Å². The summed E-state index contributed by atoms with van der Waals surface area (Å²) in [5.41, 5.74) is 7.89. The third-order valence-electron chi connectivity index (χ3n) is 4.98. The van der Waals surface area contributed by atoms with Crippen LogP contribution in [0.2, 0.25) is 0 Å². The minimum atomic E-state index is -0.980. The first-order valence-electron chi connectivity index (χ1n) is 9.49. The summed E-state index contributed by atoms with van der Waals surface area (Å²) in [5, 5.41) is 10.1. The number of primary amides is 1. The lowest BCUT2D eigenvalue weighted by atomic mass is 10.00. The monoisotopic (exact) mass is 404 g/mol. The summed E-state index contributed by atoms with van der Waals surface area (Å²) in [6.07, 6.45) is 0. The number of hydrogen-bond acceptors (Lipinski definition) is 4. The maximum absolute atomic E-state index is 13.6. The van der Waals surface area contributed by atoms with Crippen molar-refractivity contribution in [2.75, 3.05) is 7.11 Å². The van der Waals surface area contributed by atoms with E-state index in [0.29, 0.717) is 22.4 Å². The van der Waals surface area contributed by atoms with Crippen molar-refractivity contribution in [3.63, 3.8) is 0 Å². The van der Waals surface area contributed by atoms with E-state index in [-0.39, 0.29) is 12.3 Å². The van der Waals surface area contributed by atoms with Gasteiger partial charge in [0.25, 0.3) is 5.91 Å². The third-order valence-corrected chi connectivity index (χ3v) is 4.98. The number of phenolic OH excluding ortho intramolecular Hbond substituents is 1. The maximum Gasteiger partial charge on any atom is 0.255 e. The van der Waals surface area contributed by atoms with Crippen molar-refractivity contribution < 1.29 is 19.4 Å². The second kappa shape index (κ2) is 9.13. The first-order chi connectivity index (χ1) is 14.4. The average Bonchev–Trinajstić information content (AvgIpc) is 2.75. The van der Waals surface area contributed by atoms with Crippen LogP contribution in [0.4, 0.5) is 0 Å². The Balaban J connectivity index is 2.10. The molecule has 0 aliphatic carbocycles. The van der Waals surface area contributed by atoms with E-state index >= 15 is 0 Å². The van der Waals surface area contributed by atoms with E-state index in [0.717, 1.165) is 5.56 Å². The lowest BCUT2D eigenvalue weighted by Crippen LogP contribution is -2.41. The molecular weight excluding hydrogens is 380 g/mol. The van der Waals surface area contributed by atoms with Crippen LogP contribution >= 0.6 is 0 Å². The molecule has 6 nitrogen and oxygen atoms in total. The van der Waals surface area contributed by atoms with Gasteiger partial charge in [-0.1, -0.05) is 48.5 Å². The van der Waals surface area contributed by atoms with E-state index in [9.17, 15) is 14.7 Å². The molecule has 0 aliphatic heterocycles. The molecule has 3 aromatic carbocycles. The number of amides is 2. The SMILES string of the molecule is COc1cccc(CN(C(=O)c2cccc(O)c2C)[C@@H](C(N)=O)c2ccccc2)c1. The summed E-state index contributed by atoms with van der Waals surface area (Å²) in [6, 6.07) is 20.0. The third kappa shape index (κ3) is 4.43. The number of aromatic hydroxyl groups is 1. The number of nitrogens with zero attached hydrogens (tertiary/aromatic N) is 1. The molecule has 0 aromatic heterocycles. The molecule has 30 heavy (non-hydrogen) atoms. The van der Waals surface area contributed by atoms with E-state index in [1.165, 1.54) is 11.0 Å². The van der Waals surface area contributed by atoms with Gasteiger partial charge in [0.05, 0.1) is 7.11 Å². The first-order valence-corrected chi connectivity index (χ1v) is 9.49. The molecule has 3 rings (SSSR count). The molecule has 0 saturated carbocycles. The fourth-order valence-electron chi connectivity index (χ4n) is 3.39. The molecule has 0 spiro atoms. The number of phenols is 1. The van der Waals surface area contributed by atoms with Gasteiger partial charge >= 0.3 is 0 Å². The Kier molecular flexibility index (Phi) is 6.37. The van der Waals surface area contributed by atoms with Crippen molar-refractivity contribution in [3.8, 4) is 11.5 Å². The Labute approximate surface area is 175 Å². The molecule has 3 N–H and O–H groups in total. The predicted octanol–water partition coefficient (Wildman–Crippen LogP) is 3.58. The second-order valence-corrected chi connectivity index (χ2v) is 6.95. The van der Waals surface area contributed by atoms with Crippen molar-refractivity contribution in [2.45, 2.75) is 19.5 Å². The van der Waals surface area contributed by atoms with Gasteiger partial charge in [-0.05, 0) is 42.3 Å². The summed E-state index contributed by atoms with van der Waals surface area (Å²) < 4.78 is 5.28. The zero-order valence-electron chi connectivity index (χ0n) is 16.9. The summed E-state index contributed by atoms with van der Waals surface area (Å²) in [4.78, 5) is 27.5. The molecule has 0 bridgehead atoms. The normalized spacial score (nSPS) is 11.5. The smallest absolute Gasteiger partial charge is 0.255 e. The van der Waals surface area contributed by atoms with Crippen molar-refractivity contribution in [1.29, 1.82) is 0 Å². The number of benzene rings is 3. The van der Waals surface area contributed by atoms with Crippen LogP contribution < -0.4 is 10.5 Å². The van der Waals surface area contributed by atoms with Gasteiger partial charge in [-0.15, -0.1) is 0 Å². The maximum atomic E-state index is 13.6. The highest BCUT2D eigenvalue weighted by Gasteiger charge is 2.31. The van der Waals surface area contributed by atoms with Gasteiger partial charge in [-0.2, -0.15) is 0 Å². The van der Waals surface area contributed by atoms with Crippen molar-refractivity contribution in [1.82, 2.24) is 4.90 Å². The lowest BCUT2D eigenvalue weighted by Gasteiger charge is -2.31. The highest BCUT2D eigenvalue weighted by Crippen LogP contribution is 2.29. The van der Waals surface area contributed by atoms with E-state index < -0.39 is 17.9 Å². The quantitative estimate of drug-likeness (QED) is 0.629. The average molecular weight is 404 g/mol. The zero-order chi connectivity index (χ0) is 21.7. The van der Waals surface area contributed by atoms with Crippen LogP contribution in [0, 0.1) is 6.92 Å². The molecule has 0 saturated heterocycles. The van der Waals surface area contributed by atoms with Crippen LogP contribution in [0.3, 0.4) is 0 Å². The molecular formula is C24H24N2O4. The molecule has 0 unspecified atom stereocenters. The predicted molar refractivity (Wildman–Crippen MR) is 114 cm³/mol. The topological polar surface area (TPSA) is 92.9 Å². The summed E-state index contributed by atoms with van der Waals surface area (Å²) in [5.74, 6) is -0.393. The number of methoxy groups -OCH3 is 1. The van der Waals surface area contributed by atoms with Gasteiger partial charge in [-0.25, -0.2) is 0 Å². The molecule has 0 fully saturated rings. The summed E-state index contributed by atoms with van der Waals surface area (Å²) in [6.45, 7) is 1.79. The van der Waals surface area contributed by atoms with Gasteiger partial charge in [0.15, 0.2) is 0 Å². The van der Waals surface area contributed by atoms with Crippen LogP contribution in [0.5, 0.6) is 11.5 Å². The largest absolute Gasteiger partial charge is 0.508 e. The Morgan fingerprint density at radius 1 is 1.03 bits per heavy atom. The van der Waals surface area contributed by atoms with Crippen molar-refractivity contribution in [3.05, 3.63) is 95.1 Å². The molecule has 0 radical (unpaired) electrons. The number of ether oxygens (including phenoxy) is 1. The Morgan fingerprint density at radius 2 is 1.73 bits per heavy atom. The number of nitrogens with two attached hydrogens (primary N) is 1. The minimum absolute atomic E-state index is 0.0116. The van der Waals surface area contributed by atoms with Crippen LogP contribution in [0.1, 0.15) is 33.1 Å². The van der Waals surface area contributed by atoms with Crippen LogP contribution in [-0.4, -0.2) is 28.9 Å². The fourth-order valence-corrected chi connectivity index (χ4v) is 3.39. The number of rotatable bonds is 7. The molecule has 0 heterocycles. The van der Waals surface area contributed by atoms with Crippen LogP contribution in [0.15, 0.2) is 72.8 Å². The fraction of sp³-hybridized carbons (Fsp3) is 0.167. The van der Waals surface area contributed by atoms with Gasteiger partial charge in [0.1, 0.15) is 17.5 Å². The molecule has 2 amide bonds. The number of carbonyl (C=O) groups excluding carboxylic acids is 2. The van der Waals surface area contributed by atoms with Gasteiger partial charge in [-0.3, -0.25) is 9.59 Å². The van der Waals surface area contributed by atoms with Gasteiger partial charge in [0.2, 0.25) is 5.91 Å². The van der Waals surface area contributed by atoms with Crippen molar-refractivity contribution >= 4 is 11.8 Å². The molecule has 3 aromatic rings. The second-order valence-electron chi connectivity index (χ2n) is 6.95. The Hall–Kier alpha value is -3.80. The molecule has 0 aliphatic rings. The zero-order valence-corrected chi connectivity index (χ0v) is 16.9. The number of hydrogen-bond donors (Lipinski definition) is 2. The van der Waals surface area contributed by atoms with E-state index in [1.54, 1.807) is 62.6 Å². The highest BCUT2D eigenvalue weighted by molar-refractivity contribution is 5.99. The minimum Gasteiger partial charge on any atom is -0.508 e. The Bertz CT molecular complexity index is 1050. The Morgan fingerprint density at radius 3 is 2.40 bits per heavy atom.